The normalized spacial score (nSPS) is 9.75. The molecule has 0 nitrogen and oxygen atoms in total. The molecular formula is C12H6F4. The number of hydrogen-bond donors (Lipinski definition) is 0. The highest BCUT2D eigenvalue weighted by Crippen LogP contribution is 2.17. The van der Waals surface area contributed by atoms with Gasteiger partial charge in [-0.1, -0.05) is 11.8 Å². The average Bonchev–Trinajstić information content (AvgIpc) is 2.19. The summed E-state index contributed by atoms with van der Waals surface area (Å²) in [7, 11) is 0. The van der Waals surface area contributed by atoms with Crippen LogP contribution in [0.2, 0.25) is 0 Å². The molecule has 0 aliphatic rings. The molecule has 0 aliphatic carbocycles. The highest BCUT2D eigenvalue weighted by molar-refractivity contribution is 5.39. The lowest BCUT2D eigenvalue weighted by Gasteiger charge is -1.96. The number of alkyl halides is 3. The van der Waals surface area contributed by atoms with E-state index in [1.54, 1.807) is 0 Å². The van der Waals surface area contributed by atoms with Crippen LogP contribution in [0.1, 0.15) is 12.0 Å². The summed E-state index contributed by atoms with van der Waals surface area (Å²) in [6.07, 6.45) is -5.46. The Bertz CT molecular complexity index is 460. The van der Waals surface area contributed by atoms with Crippen LogP contribution in [0.25, 0.3) is 0 Å². The molecule has 0 aromatic heterocycles. The summed E-state index contributed by atoms with van der Waals surface area (Å²) in [6, 6.07) is 5.28. The lowest BCUT2D eigenvalue weighted by molar-refractivity contribution is -0.123. The van der Waals surface area contributed by atoms with Gasteiger partial charge in [0, 0.05) is 5.56 Å². The van der Waals surface area contributed by atoms with E-state index in [1.165, 1.54) is 24.3 Å². The Morgan fingerprint density at radius 2 is 1.62 bits per heavy atom. The van der Waals surface area contributed by atoms with Crippen molar-refractivity contribution >= 4 is 0 Å². The summed E-state index contributed by atoms with van der Waals surface area (Å²) in [6.45, 7) is 0. The SMILES string of the molecule is Fc1ccc(C#CC#CCC(F)(F)F)cc1. The van der Waals surface area contributed by atoms with Crippen molar-refractivity contribution in [3.05, 3.63) is 35.6 Å². The van der Waals surface area contributed by atoms with E-state index in [0.29, 0.717) is 5.56 Å². The summed E-state index contributed by atoms with van der Waals surface area (Å²) in [5.74, 6) is 8.33. The molecule has 1 aromatic carbocycles. The predicted molar refractivity (Wildman–Crippen MR) is 51.7 cm³/mol. The molecule has 0 atom stereocenters. The van der Waals surface area contributed by atoms with Crippen molar-refractivity contribution in [2.24, 2.45) is 0 Å². The van der Waals surface area contributed by atoms with Crippen LogP contribution in [0, 0.1) is 29.5 Å². The van der Waals surface area contributed by atoms with Gasteiger partial charge >= 0.3 is 6.18 Å². The molecule has 0 saturated carbocycles. The molecule has 0 bridgehead atoms. The second kappa shape index (κ2) is 5.23. The Hall–Kier alpha value is -1.94. The van der Waals surface area contributed by atoms with E-state index in [4.69, 9.17) is 0 Å². The Morgan fingerprint density at radius 1 is 1.00 bits per heavy atom. The Balaban J connectivity index is 2.59. The number of benzene rings is 1. The maximum atomic E-state index is 12.5. The minimum atomic E-state index is -4.29. The Kier molecular flexibility index (Phi) is 3.96. The van der Waals surface area contributed by atoms with Crippen molar-refractivity contribution in [2.75, 3.05) is 0 Å². The molecule has 0 spiro atoms. The second-order valence-electron chi connectivity index (χ2n) is 2.85. The Labute approximate surface area is 90.3 Å². The van der Waals surface area contributed by atoms with Gasteiger partial charge < -0.3 is 0 Å². The van der Waals surface area contributed by atoms with Gasteiger partial charge in [0.05, 0.1) is 0 Å². The summed E-state index contributed by atoms with van der Waals surface area (Å²) in [4.78, 5) is 0. The van der Waals surface area contributed by atoms with E-state index < -0.39 is 18.4 Å². The molecular weight excluding hydrogens is 220 g/mol. The molecule has 16 heavy (non-hydrogen) atoms. The molecule has 4 heteroatoms. The first-order valence-corrected chi connectivity index (χ1v) is 4.28. The summed E-state index contributed by atoms with van der Waals surface area (Å²) in [5, 5.41) is 0. The standard InChI is InChI=1S/C12H6F4/c13-11-7-5-10(6-8-11)4-2-1-3-9-12(14,15)16/h5-8H,9H2. The molecule has 0 heterocycles. The maximum absolute atomic E-state index is 12.5. The van der Waals surface area contributed by atoms with E-state index in [0.717, 1.165) is 0 Å². The van der Waals surface area contributed by atoms with Crippen LogP contribution in [0.4, 0.5) is 17.6 Å². The van der Waals surface area contributed by atoms with Gasteiger partial charge in [-0.05, 0) is 36.1 Å². The van der Waals surface area contributed by atoms with Gasteiger partial charge in [0.25, 0.3) is 0 Å². The third kappa shape index (κ3) is 5.07. The van der Waals surface area contributed by atoms with Gasteiger partial charge in [-0.25, -0.2) is 4.39 Å². The molecule has 1 rings (SSSR count). The fourth-order valence-corrected chi connectivity index (χ4v) is 0.825. The summed E-state index contributed by atoms with van der Waals surface area (Å²) >= 11 is 0. The highest BCUT2D eigenvalue weighted by Gasteiger charge is 2.25. The van der Waals surface area contributed by atoms with Crippen molar-refractivity contribution in [3.8, 4) is 23.7 Å². The largest absolute Gasteiger partial charge is 0.399 e. The van der Waals surface area contributed by atoms with Crippen LogP contribution < -0.4 is 0 Å². The van der Waals surface area contributed by atoms with E-state index in [9.17, 15) is 17.6 Å². The van der Waals surface area contributed by atoms with Crippen molar-refractivity contribution in [1.29, 1.82) is 0 Å². The summed E-state index contributed by atoms with van der Waals surface area (Å²) in [5.41, 5.74) is 0.503. The zero-order valence-corrected chi connectivity index (χ0v) is 8.03. The molecule has 0 fully saturated rings. The molecule has 82 valence electrons. The topological polar surface area (TPSA) is 0 Å². The smallest absolute Gasteiger partial charge is 0.207 e. The van der Waals surface area contributed by atoms with E-state index in [1.807, 2.05) is 5.92 Å². The third-order valence-corrected chi connectivity index (χ3v) is 1.49. The van der Waals surface area contributed by atoms with Crippen LogP contribution in [0.5, 0.6) is 0 Å². The fraction of sp³-hybridized carbons (Fsp3) is 0.167. The number of rotatable bonds is 0. The first-order chi connectivity index (χ1) is 7.47. The third-order valence-electron chi connectivity index (χ3n) is 1.49. The van der Waals surface area contributed by atoms with Crippen LogP contribution >= 0.6 is 0 Å². The lowest BCUT2D eigenvalue weighted by Crippen LogP contribution is -2.04. The van der Waals surface area contributed by atoms with Crippen LogP contribution in [-0.4, -0.2) is 6.18 Å². The van der Waals surface area contributed by atoms with E-state index >= 15 is 0 Å². The number of hydrogen-bond acceptors (Lipinski definition) is 0. The van der Waals surface area contributed by atoms with Gasteiger partial charge in [-0.2, -0.15) is 13.2 Å². The molecule has 0 unspecified atom stereocenters. The first-order valence-electron chi connectivity index (χ1n) is 4.28. The fourth-order valence-electron chi connectivity index (χ4n) is 0.825. The van der Waals surface area contributed by atoms with Crippen molar-refractivity contribution in [3.63, 3.8) is 0 Å². The molecule has 1 aromatic rings. The van der Waals surface area contributed by atoms with Crippen LogP contribution in [0.3, 0.4) is 0 Å². The summed E-state index contributed by atoms with van der Waals surface area (Å²) < 4.78 is 47.4. The van der Waals surface area contributed by atoms with E-state index in [-0.39, 0.29) is 0 Å². The molecule has 0 saturated heterocycles. The molecule has 0 radical (unpaired) electrons. The average molecular weight is 226 g/mol. The molecule has 0 aliphatic heterocycles. The molecule has 0 amide bonds. The maximum Gasteiger partial charge on any atom is 0.399 e. The van der Waals surface area contributed by atoms with Crippen molar-refractivity contribution < 1.29 is 17.6 Å². The van der Waals surface area contributed by atoms with Gasteiger partial charge in [0.1, 0.15) is 12.2 Å². The quantitative estimate of drug-likeness (QED) is 0.471. The second-order valence-corrected chi connectivity index (χ2v) is 2.85. The lowest BCUT2D eigenvalue weighted by atomic mass is 10.2. The minimum absolute atomic E-state index is 0.395. The minimum Gasteiger partial charge on any atom is -0.207 e. The predicted octanol–water partition coefficient (Wildman–Crippen LogP) is 3.13. The highest BCUT2D eigenvalue weighted by atomic mass is 19.4. The van der Waals surface area contributed by atoms with Crippen LogP contribution in [0.15, 0.2) is 24.3 Å². The van der Waals surface area contributed by atoms with Crippen molar-refractivity contribution in [1.82, 2.24) is 0 Å². The van der Waals surface area contributed by atoms with Crippen LogP contribution in [-0.2, 0) is 0 Å². The monoisotopic (exact) mass is 226 g/mol. The zero-order chi connectivity index (χ0) is 12.0. The van der Waals surface area contributed by atoms with E-state index in [2.05, 4.69) is 17.8 Å². The van der Waals surface area contributed by atoms with Gasteiger partial charge in [0.2, 0.25) is 0 Å². The number of halogens is 4. The first kappa shape index (κ1) is 12.1. The zero-order valence-electron chi connectivity index (χ0n) is 8.03. The van der Waals surface area contributed by atoms with Gasteiger partial charge in [-0.15, -0.1) is 0 Å². The van der Waals surface area contributed by atoms with Crippen molar-refractivity contribution in [2.45, 2.75) is 12.6 Å². The van der Waals surface area contributed by atoms with Gasteiger partial charge in [-0.3, -0.25) is 0 Å². The van der Waals surface area contributed by atoms with Gasteiger partial charge in [0.15, 0.2) is 0 Å². The Morgan fingerprint density at radius 3 is 2.19 bits per heavy atom. The molecule has 0 N–H and O–H groups in total.